The van der Waals surface area contributed by atoms with Crippen molar-refractivity contribution in [1.82, 2.24) is 0 Å². The van der Waals surface area contributed by atoms with E-state index in [2.05, 4.69) is 54.9 Å². The van der Waals surface area contributed by atoms with Crippen molar-refractivity contribution in [3.05, 3.63) is 34.9 Å². The zero-order valence-corrected chi connectivity index (χ0v) is 10.2. The highest BCUT2D eigenvalue weighted by atomic mass is 79.9. The highest BCUT2D eigenvalue weighted by molar-refractivity contribution is 9.09. The summed E-state index contributed by atoms with van der Waals surface area (Å²) >= 11 is 3.49. The Kier molecular flexibility index (Phi) is 3.98. The molecule has 1 atom stereocenters. The van der Waals surface area contributed by atoms with E-state index >= 15 is 0 Å². The van der Waals surface area contributed by atoms with Gasteiger partial charge in [-0.3, -0.25) is 0 Å². The van der Waals surface area contributed by atoms with Crippen LogP contribution in [0.4, 0.5) is 0 Å². The van der Waals surface area contributed by atoms with Crippen LogP contribution in [0.5, 0.6) is 0 Å². The lowest BCUT2D eigenvalue weighted by atomic mass is 9.92. The quantitative estimate of drug-likeness (QED) is 0.696. The standard InChI is InChI=1S/C12H17Br/c1-9-5-4-6-12(11(9)3)10(2)7-8-13/h4-6,10H,7-8H2,1-3H3. The Morgan fingerprint density at radius 3 is 2.62 bits per heavy atom. The summed E-state index contributed by atoms with van der Waals surface area (Å²) in [5.74, 6) is 0.666. The van der Waals surface area contributed by atoms with E-state index in [1.54, 1.807) is 0 Å². The second-order valence-corrected chi connectivity index (χ2v) is 4.46. The van der Waals surface area contributed by atoms with Gasteiger partial charge in [-0.1, -0.05) is 41.1 Å². The van der Waals surface area contributed by atoms with Gasteiger partial charge in [-0.2, -0.15) is 0 Å². The SMILES string of the molecule is Cc1cccc(C(C)CCBr)c1C. The predicted octanol–water partition coefficient (Wildman–Crippen LogP) is 4.19. The Hall–Kier alpha value is -0.300. The molecule has 1 unspecified atom stereocenters. The minimum Gasteiger partial charge on any atom is -0.0928 e. The van der Waals surface area contributed by atoms with E-state index in [4.69, 9.17) is 0 Å². The molecule has 0 aromatic heterocycles. The van der Waals surface area contributed by atoms with Crippen molar-refractivity contribution in [1.29, 1.82) is 0 Å². The first kappa shape index (κ1) is 10.8. The molecule has 0 aliphatic rings. The van der Waals surface area contributed by atoms with Gasteiger partial charge in [0, 0.05) is 5.33 Å². The van der Waals surface area contributed by atoms with Crippen molar-refractivity contribution >= 4 is 15.9 Å². The molecule has 0 heterocycles. The molecule has 0 aliphatic carbocycles. The molecule has 1 aromatic carbocycles. The van der Waals surface area contributed by atoms with E-state index < -0.39 is 0 Å². The summed E-state index contributed by atoms with van der Waals surface area (Å²) in [7, 11) is 0. The minimum atomic E-state index is 0.666. The molecular weight excluding hydrogens is 224 g/mol. The Labute approximate surface area is 89.5 Å². The predicted molar refractivity (Wildman–Crippen MR) is 62.7 cm³/mol. The molecule has 0 saturated carbocycles. The fourth-order valence-electron chi connectivity index (χ4n) is 1.63. The maximum Gasteiger partial charge on any atom is 0.00370 e. The molecule has 13 heavy (non-hydrogen) atoms. The smallest absolute Gasteiger partial charge is 0.00370 e. The van der Waals surface area contributed by atoms with Gasteiger partial charge in [0.25, 0.3) is 0 Å². The number of hydrogen-bond acceptors (Lipinski definition) is 0. The number of aryl methyl sites for hydroxylation is 1. The third kappa shape index (κ3) is 2.57. The van der Waals surface area contributed by atoms with Crippen molar-refractivity contribution < 1.29 is 0 Å². The van der Waals surface area contributed by atoms with Crippen molar-refractivity contribution in [3.63, 3.8) is 0 Å². The van der Waals surface area contributed by atoms with Crippen LogP contribution in [-0.2, 0) is 0 Å². The molecule has 0 radical (unpaired) electrons. The van der Waals surface area contributed by atoms with Gasteiger partial charge in [0.1, 0.15) is 0 Å². The number of hydrogen-bond donors (Lipinski definition) is 0. The first-order chi connectivity index (χ1) is 6.16. The Morgan fingerprint density at radius 2 is 2.00 bits per heavy atom. The number of rotatable bonds is 3. The molecule has 72 valence electrons. The second kappa shape index (κ2) is 4.80. The molecule has 0 amide bonds. The van der Waals surface area contributed by atoms with E-state index in [0.717, 1.165) is 5.33 Å². The molecule has 0 N–H and O–H groups in total. The number of halogens is 1. The van der Waals surface area contributed by atoms with Crippen molar-refractivity contribution in [2.45, 2.75) is 33.1 Å². The average Bonchev–Trinajstić information content (AvgIpc) is 2.10. The third-order valence-corrected chi connectivity index (χ3v) is 3.18. The van der Waals surface area contributed by atoms with Crippen molar-refractivity contribution in [2.24, 2.45) is 0 Å². The van der Waals surface area contributed by atoms with Gasteiger partial charge in [0.05, 0.1) is 0 Å². The molecule has 1 rings (SSSR count). The second-order valence-electron chi connectivity index (χ2n) is 3.67. The maximum absolute atomic E-state index is 3.49. The van der Waals surface area contributed by atoms with Gasteiger partial charge >= 0.3 is 0 Å². The Balaban J connectivity index is 2.93. The molecule has 0 aliphatic heterocycles. The van der Waals surface area contributed by atoms with E-state index in [1.165, 1.54) is 23.1 Å². The maximum atomic E-state index is 3.49. The minimum absolute atomic E-state index is 0.666. The van der Waals surface area contributed by atoms with Gasteiger partial charge in [-0.05, 0) is 42.9 Å². The summed E-state index contributed by atoms with van der Waals surface area (Å²) in [6, 6.07) is 6.58. The average molecular weight is 241 g/mol. The van der Waals surface area contributed by atoms with Crippen LogP contribution in [0.15, 0.2) is 18.2 Å². The van der Waals surface area contributed by atoms with E-state index in [1.807, 2.05) is 0 Å². The topological polar surface area (TPSA) is 0 Å². The molecule has 0 nitrogen and oxygen atoms in total. The van der Waals surface area contributed by atoms with Crippen LogP contribution in [0.1, 0.15) is 36.0 Å². The molecule has 0 bridgehead atoms. The lowest BCUT2D eigenvalue weighted by Gasteiger charge is -2.14. The van der Waals surface area contributed by atoms with Crippen LogP contribution in [0.2, 0.25) is 0 Å². The molecule has 1 aromatic rings. The Bertz CT molecular complexity index is 278. The monoisotopic (exact) mass is 240 g/mol. The summed E-state index contributed by atoms with van der Waals surface area (Å²) < 4.78 is 0. The van der Waals surface area contributed by atoms with E-state index in [9.17, 15) is 0 Å². The number of benzene rings is 1. The van der Waals surface area contributed by atoms with Gasteiger partial charge in [-0.25, -0.2) is 0 Å². The largest absolute Gasteiger partial charge is 0.0928 e. The van der Waals surface area contributed by atoms with E-state index in [0.29, 0.717) is 5.92 Å². The zero-order valence-electron chi connectivity index (χ0n) is 8.60. The summed E-state index contributed by atoms with van der Waals surface area (Å²) in [6.45, 7) is 6.69. The summed E-state index contributed by atoms with van der Waals surface area (Å²) in [5, 5.41) is 1.08. The fraction of sp³-hybridized carbons (Fsp3) is 0.500. The third-order valence-electron chi connectivity index (χ3n) is 2.72. The lowest BCUT2D eigenvalue weighted by Crippen LogP contribution is -1.98. The first-order valence-electron chi connectivity index (χ1n) is 4.79. The highest BCUT2D eigenvalue weighted by Gasteiger charge is 2.08. The van der Waals surface area contributed by atoms with Gasteiger partial charge in [0.2, 0.25) is 0 Å². The van der Waals surface area contributed by atoms with Crippen molar-refractivity contribution in [3.8, 4) is 0 Å². The van der Waals surface area contributed by atoms with Crippen LogP contribution < -0.4 is 0 Å². The lowest BCUT2D eigenvalue weighted by molar-refractivity contribution is 0.737. The van der Waals surface area contributed by atoms with Gasteiger partial charge in [-0.15, -0.1) is 0 Å². The zero-order chi connectivity index (χ0) is 9.84. The normalized spacial score (nSPS) is 12.9. The van der Waals surface area contributed by atoms with Crippen LogP contribution in [0.25, 0.3) is 0 Å². The summed E-state index contributed by atoms with van der Waals surface area (Å²) in [6.07, 6.45) is 1.21. The fourth-order valence-corrected chi connectivity index (χ4v) is 2.31. The molecule has 0 spiro atoms. The van der Waals surface area contributed by atoms with Crippen LogP contribution in [0, 0.1) is 13.8 Å². The summed E-state index contributed by atoms with van der Waals surface area (Å²) in [5.41, 5.74) is 4.36. The van der Waals surface area contributed by atoms with E-state index in [-0.39, 0.29) is 0 Å². The molecule has 1 heteroatoms. The van der Waals surface area contributed by atoms with Crippen LogP contribution in [-0.4, -0.2) is 5.33 Å². The van der Waals surface area contributed by atoms with Gasteiger partial charge in [0.15, 0.2) is 0 Å². The molecule has 0 saturated heterocycles. The van der Waals surface area contributed by atoms with Crippen molar-refractivity contribution in [2.75, 3.05) is 5.33 Å². The van der Waals surface area contributed by atoms with Crippen LogP contribution >= 0.6 is 15.9 Å². The van der Waals surface area contributed by atoms with Gasteiger partial charge < -0.3 is 0 Å². The first-order valence-corrected chi connectivity index (χ1v) is 5.91. The number of alkyl halides is 1. The molecular formula is C12H17Br. The Morgan fingerprint density at radius 1 is 1.31 bits per heavy atom. The van der Waals surface area contributed by atoms with Crippen LogP contribution in [0.3, 0.4) is 0 Å². The summed E-state index contributed by atoms with van der Waals surface area (Å²) in [4.78, 5) is 0. The highest BCUT2D eigenvalue weighted by Crippen LogP contribution is 2.24. The molecule has 0 fully saturated rings.